The van der Waals surface area contributed by atoms with E-state index in [1.54, 1.807) is 0 Å². The first kappa shape index (κ1) is 14.4. The van der Waals surface area contributed by atoms with Gasteiger partial charge in [-0.3, -0.25) is 4.79 Å². The van der Waals surface area contributed by atoms with E-state index in [4.69, 9.17) is 10.8 Å². The molecule has 90 valence electrons. The Morgan fingerprint density at radius 3 is 2.40 bits per heavy atom. The van der Waals surface area contributed by atoms with Crippen LogP contribution < -0.4 is 11.1 Å². The summed E-state index contributed by atoms with van der Waals surface area (Å²) in [5, 5.41) is 11.9. The third kappa shape index (κ3) is 5.14. The van der Waals surface area contributed by atoms with Gasteiger partial charge in [0.15, 0.2) is 0 Å². The minimum atomic E-state index is -0.550. The van der Waals surface area contributed by atoms with E-state index in [1.165, 1.54) is 0 Å². The first-order chi connectivity index (χ1) is 6.84. The molecule has 0 aliphatic heterocycles. The summed E-state index contributed by atoms with van der Waals surface area (Å²) in [7, 11) is 0. The Hall–Kier alpha value is -0.610. The van der Waals surface area contributed by atoms with Gasteiger partial charge in [-0.1, -0.05) is 20.8 Å². The van der Waals surface area contributed by atoms with Gasteiger partial charge in [-0.15, -0.1) is 0 Å². The van der Waals surface area contributed by atoms with Crippen LogP contribution in [0.4, 0.5) is 0 Å². The number of nitrogens with one attached hydrogen (secondary N) is 1. The van der Waals surface area contributed by atoms with Gasteiger partial charge >= 0.3 is 0 Å². The molecule has 0 saturated carbocycles. The van der Waals surface area contributed by atoms with Gasteiger partial charge in [0.05, 0.1) is 18.2 Å². The van der Waals surface area contributed by atoms with E-state index in [9.17, 15) is 4.79 Å². The lowest BCUT2D eigenvalue weighted by molar-refractivity contribution is -0.125. The molecule has 0 aromatic heterocycles. The first-order valence-electron chi connectivity index (χ1n) is 5.53. The summed E-state index contributed by atoms with van der Waals surface area (Å²) in [4.78, 5) is 11.7. The molecule has 0 aromatic rings. The number of aliphatic hydroxyl groups is 1. The second-order valence-electron chi connectivity index (χ2n) is 4.80. The highest BCUT2D eigenvalue weighted by Crippen LogP contribution is 2.09. The van der Waals surface area contributed by atoms with Gasteiger partial charge < -0.3 is 16.2 Å². The van der Waals surface area contributed by atoms with Gasteiger partial charge in [-0.25, -0.2) is 0 Å². The Balaban J connectivity index is 4.22. The fourth-order valence-corrected chi connectivity index (χ4v) is 1.24. The minimum Gasteiger partial charge on any atom is -0.394 e. The molecule has 4 N–H and O–H groups in total. The summed E-state index contributed by atoms with van der Waals surface area (Å²) in [5.41, 5.74) is 5.19. The molecule has 4 nitrogen and oxygen atoms in total. The number of rotatable bonds is 6. The van der Waals surface area contributed by atoms with Gasteiger partial charge in [-0.2, -0.15) is 0 Å². The summed E-state index contributed by atoms with van der Waals surface area (Å²) >= 11 is 0. The molecule has 0 heterocycles. The molecule has 0 aliphatic rings. The van der Waals surface area contributed by atoms with Crippen LogP contribution in [0, 0.1) is 5.92 Å². The number of carbonyl (C=O) groups excluding carboxylic acids is 1. The zero-order valence-electron chi connectivity index (χ0n) is 10.2. The molecular formula is C11H24N2O2. The van der Waals surface area contributed by atoms with Crippen molar-refractivity contribution in [2.24, 2.45) is 11.7 Å². The van der Waals surface area contributed by atoms with Crippen LogP contribution in [-0.2, 0) is 4.79 Å². The number of carbonyl (C=O) groups is 1. The highest BCUT2D eigenvalue weighted by Gasteiger charge is 2.26. The van der Waals surface area contributed by atoms with Crippen molar-refractivity contribution < 1.29 is 9.90 Å². The van der Waals surface area contributed by atoms with Crippen LogP contribution in [0.15, 0.2) is 0 Å². The van der Waals surface area contributed by atoms with Crippen molar-refractivity contribution in [3.8, 4) is 0 Å². The van der Waals surface area contributed by atoms with Crippen LogP contribution in [-0.4, -0.2) is 29.2 Å². The normalized spacial score (nSPS) is 17.3. The van der Waals surface area contributed by atoms with E-state index in [-0.39, 0.29) is 12.5 Å². The maximum absolute atomic E-state index is 11.7. The molecule has 0 saturated heterocycles. The molecule has 0 radical (unpaired) electrons. The van der Waals surface area contributed by atoms with Gasteiger partial charge in [0.1, 0.15) is 0 Å². The molecule has 15 heavy (non-hydrogen) atoms. The molecular weight excluding hydrogens is 192 g/mol. The van der Waals surface area contributed by atoms with Crippen LogP contribution in [0.25, 0.3) is 0 Å². The lowest BCUT2D eigenvalue weighted by atomic mass is 9.98. The average molecular weight is 216 g/mol. The standard InChI is InChI=1S/C11H24N2O2/c1-5-11(4,7-14)13-10(15)9(12)6-8(2)3/h8-9,14H,5-7,12H2,1-4H3,(H,13,15)/t9-,11?/m1/s1. The molecule has 0 bridgehead atoms. The number of amides is 1. The lowest BCUT2D eigenvalue weighted by Gasteiger charge is -2.29. The summed E-state index contributed by atoms with van der Waals surface area (Å²) in [6.45, 7) is 7.72. The molecule has 0 aromatic carbocycles. The summed E-state index contributed by atoms with van der Waals surface area (Å²) < 4.78 is 0. The van der Waals surface area contributed by atoms with Crippen molar-refractivity contribution in [2.75, 3.05) is 6.61 Å². The SMILES string of the molecule is CCC(C)(CO)NC(=O)[C@H](N)CC(C)C. The topological polar surface area (TPSA) is 75.3 Å². The predicted molar refractivity (Wildman–Crippen MR) is 61.4 cm³/mol. The van der Waals surface area contributed by atoms with Crippen molar-refractivity contribution in [3.05, 3.63) is 0 Å². The second-order valence-corrected chi connectivity index (χ2v) is 4.80. The highest BCUT2D eigenvalue weighted by molar-refractivity contribution is 5.82. The molecule has 0 spiro atoms. The van der Waals surface area contributed by atoms with Crippen molar-refractivity contribution in [1.82, 2.24) is 5.32 Å². The quantitative estimate of drug-likeness (QED) is 0.610. The second kappa shape index (κ2) is 6.08. The Bertz CT molecular complexity index is 201. The van der Waals surface area contributed by atoms with Crippen LogP contribution in [0.5, 0.6) is 0 Å². The van der Waals surface area contributed by atoms with Gasteiger partial charge in [0.25, 0.3) is 0 Å². The Kier molecular flexibility index (Phi) is 5.83. The van der Waals surface area contributed by atoms with E-state index in [2.05, 4.69) is 5.32 Å². The molecule has 0 fully saturated rings. The predicted octanol–water partition coefficient (Wildman–Crippen LogP) is 0.637. The minimum absolute atomic E-state index is 0.0658. The van der Waals surface area contributed by atoms with Gasteiger partial charge in [0.2, 0.25) is 5.91 Å². The van der Waals surface area contributed by atoms with E-state index in [0.29, 0.717) is 18.8 Å². The summed E-state index contributed by atoms with van der Waals surface area (Å²) in [5.74, 6) is 0.217. The van der Waals surface area contributed by atoms with Crippen molar-refractivity contribution in [3.63, 3.8) is 0 Å². The smallest absolute Gasteiger partial charge is 0.237 e. The van der Waals surface area contributed by atoms with E-state index in [0.717, 1.165) is 0 Å². The van der Waals surface area contributed by atoms with Gasteiger partial charge in [0, 0.05) is 0 Å². The highest BCUT2D eigenvalue weighted by atomic mass is 16.3. The van der Waals surface area contributed by atoms with Crippen LogP contribution >= 0.6 is 0 Å². The van der Waals surface area contributed by atoms with Crippen molar-refractivity contribution >= 4 is 5.91 Å². The molecule has 2 atom stereocenters. The summed E-state index contributed by atoms with van der Waals surface area (Å²) in [6, 6.07) is -0.484. The Morgan fingerprint density at radius 1 is 1.53 bits per heavy atom. The van der Waals surface area contributed by atoms with Crippen LogP contribution in [0.2, 0.25) is 0 Å². The number of hydrogen-bond acceptors (Lipinski definition) is 3. The van der Waals surface area contributed by atoms with E-state index >= 15 is 0 Å². The summed E-state index contributed by atoms with van der Waals surface area (Å²) in [6.07, 6.45) is 1.35. The molecule has 0 rings (SSSR count). The van der Waals surface area contributed by atoms with Crippen LogP contribution in [0.3, 0.4) is 0 Å². The van der Waals surface area contributed by atoms with Crippen molar-refractivity contribution in [1.29, 1.82) is 0 Å². The Morgan fingerprint density at radius 2 is 2.07 bits per heavy atom. The molecule has 4 heteroatoms. The lowest BCUT2D eigenvalue weighted by Crippen LogP contribution is -2.54. The third-order valence-electron chi connectivity index (χ3n) is 2.62. The first-order valence-corrected chi connectivity index (χ1v) is 5.53. The van der Waals surface area contributed by atoms with E-state index < -0.39 is 11.6 Å². The molecule has 1 unspecified atom stereocenters. The molecule has 0 aliphatic carbocycles. The maximum atomic E-state index is 11.7. The largest absolute Gasteiger partial charge is 0.394 e. The number of nitrogens with two attached hydrogens (primary N) is 1. The fraction of sp³-hybridized carbons (Fsp3) is 0.909. The third-order valence-corrected chi connectivity index (χ3v) is 2.62. The Labute approximate surface area is 92.2 Å². The average Bonchev–Trinajstić information content (AvgIpc) is 2.16. The molecule has 1 amide bonds. The zero-order chi connectivity index (χ0) is 12.1. The van der Waals surface area contributed by atoms with E-state index in [1.807, 2.05) is 27.7 Å². The monoisotopic (exact) mass is 216 g/mol. The van der Waals surface area contributed by atoms with Crippen molar-refractivity contribution in [2.45, 2.75) is 52.1 Å². The van der Waals surface area contributed by atoms with Gasteiger partial charge in [-0.05, 0) is 25.7 Å². The zero-order valence-corrected chi connectivity index (χ0v) is 10.2. The maximum Gasteiger partial charge on any atom is 0.237 e. The number of aliphatic hydroxyl groups excluding tert-OH is 1. The number of hydrogen-bond donors (Lipinski definition) is 3. The van der Waals surface area contributed by atoms with Crippen LogP contribution in [0.1, 0.15) is 40.5 Å². The fourth-order valence-electron chi connectivity index (χ4n) is 1.24.